The Hall–Kier alpha value is -2.03. The van der Waals surface area contributed by atoms with Crippen LogP contribution in [0.3, 0.4) is 0 Å². The molecule has 0 saturated heterocycles. The van der Waals surface area contributed by atoms with Crippen LogP contribution in [0.2, 0.25) is 0 Å². The largest absolute Gasteiger partial charge is 0.485 e. The number of ether oxygens (including phenoxy) is 1. The quantitative estimate of drug-likeness (QED) is 0.870. The highest BCUT2D eigenvalue weighted by molar-refractivity contribution is 5.56. The molecule has 0 spiro atoms. The topological polar surface area (TPSA) is 21.3 Å². The van der Waals surface area contributed by atoms with E-state index in [1.165, 1.54) is 6.07 Å². The summed E-state index contributed by atoms with van der Waals surface area (Å²) in [5.41, 5.74) is 2.18. The van der Waals surface area contributed by atoms with E-state index in [1.807, 2.05) is 38.1 Å². The fraction of sp³-hybridized carbons (Fsp3) is 0.294. The third-order valence-electron chi connectivity index (χ3n) is 3.87. The lowest BCUT2D eigenvalue weighted by molar-refractivity contribution is 0.118. The number of rotatable bonds is 2. The number of para-hydroxylation sites is 1. The van der Waals surface area contributed by atoms with Gasteiger partial charge in [-0.2, -0.15) is 0 Å². The van der Waals surface area contributed by atoms with Gasteiger partial charge in [-0.25, -0.2) is 4.39 Å². The van der Waals surface area contributed by atoms with Crippen molar-refractivity contribution in [1.29, 1.82) is 0 Å². The smallest absolute Gasteiger partial charge is 0.128 e. The fourth-order valence-electron chi connectivity index (χ4n) is 2.70. The van der Waals surface area contributed by atoms with Crippen LogP contribution >= 0.6 is 0 Å². The summed E-state index contributed by atoms with van der Waals surface area (Å²) in [5, 5.41) is 3.43. The van der Waals surface area contributed by atoms with Crippen molar-refractivity contribution in [2.24, 2.45) is 0 Å². The van der Waals surface area contributed by atoms with Crippen LogP contribution < -0.4 is 10.1 Å². The molecule has 2 aromatic rings. The van der Waals surface area contributed by atoms with E-state index in [-0.39, 0.29) is 17.5 Å². The van der Waals surface area contributed by atoms with Gasteiger partial charge in [0, 0.05) is 16.8 Å². The summed E-state index contributed by atoms with van der Waals surface area (Å²) < 4.78 is 19.7. The van der Waals surface area contributed by atoms with Crippen molar-refractivity contribution in [3.05, 3.63) is 59.4 Å². The van der Waals surface area contributed by atoms with Gasteiger partial charge in [0.05, 0.1) is 6.04 Å². The lowest BCUT2D eigenvalue weighted by atomic mass is 9.94. The van der Waals surface area contributed by atoms with Crippen molar-refractivity contribution in [1.82, 2.24) is 0 Å². The zero-order valence-corrected chi connectivity index (χ0v) is 11.9. The van der Waals surface area contributed by atoms with E-state index in [4.69, 9.17) is 4.74 Å². The number of hydrogen-bond donors (Lipinski definition) is 1. The predicted octanol–water partition coefficient (Wildman–Crippen LogP) is 4.46. The van der Waals surface area contributed by atoms with E-state index in [0.717, 1.165) is 17.0 Å². The number of fused-ring (bicyclic) bond motifs is 1. The predicted molar refractivity (Wildman–Crippen MR) is 78.6 cm³/mol. The first-order chi connectivity index (χ1) is 9.49. The van der Waals surface area contributed by atoms with Crippen LogP contribution in [-0.4, -0.2) is 5.60 Å². The summed E-state index contributed by atoms with van der Waals surface area (Å²) in [4.78, 5) is 0. The first-order valence-electron chi connectivity index (χ1n) is 6.78. The van der Waals surface area contributed by atoms with Crippen molar-refractivity contribution in [3.8, 4) is 5.75 Å². The molecule has 3 heteroatoms. The first kappa shape index (κ1) is 13.0. The molecule has 1 heterocycles. The van der Waals surface area contributed by atoms with E-state index in [0.29, 0.717) is 5.56 Å². The Morgan fingerprint density at radius 2 is 1.85 bits per heavy atom. The van der Waals surface area contributed by atoms with Crippen molar-refractivity contribution < 1.29 is 9.13 Å². The fourth-order valence-corrected chi connectivity index (χ4v) is 2.70. The van der Waals surface area contributed by atoms with Crippen molar-refractivity contribution >= 4 is 5.69 Å². The highest BCUT2D eigenvalue weighted by Gasteiger charge is 2.41. The van der Waals surface area contributed by atoms with Crippen molar-refractivity contribution in [3.63, 3.8) is 0 Å². The zero-order chi connectivity index (χ0) is 14.3. The molecule has 0 saturated carbocycles. The molecule has 1 aliphatic rings. The molecular weight excluding hydrogens is 253 g/mol. The van der Waals surface area contributed by atoms with E-state index in [2.05, 4.69) is 11.4 Å². The highest BCUT2D eigenvalue weighted by Crippen LogP contribution is 2.44. The van der Waals surface area contributed by atoms with Gasteiger partial charge in [-0.05, 0) is 39.0 Å². The van der Waals surface area contributed by atoms with Gasteiger partial charge in [-0.3, -0.25) is 0 Å². The van der Waals surface area contributed by atoms with Gasteiger partial charge in [-0.1, -0.05) is 24.3 Å². The van der Waals surface area contributed by atoms with Gasteiger partial charge in [0.1, 0.15) is 17.2 Å². The third kappa shape index (κ3) is 2.03. The molecule has 20 heavy (non-hydrogen) atoms. The maximum absolute atomic E-state index is 13.7. The van der Waals surface area contributed by atoms with Gasteiger partial charge in [0.2, 0.25) is 0 Å². The van der Waals surface area contributed by atoms with Crippen LogP contribution in [0.25, 0.3) is 0 Å². The lowest BCUT2D eigenvalue weighted by Gasteiger charge is -2.28. The van der Waals surface area contributed by atoms with Crippen LogP contribution in [-0.2, 0) is 0 Å². The van der Waals surface area contributed by atoms with Gasteiger partial charge in [-0.15, -0.1) is 0 Å². The second kappa shape index (κ2) is 4.51. The Balaban J connectivity index is 1.99. The minimum absolute atomic E-state index is 0.000741. The molecule has 0 aromatic heterocycles. The Morgan fingerprint density at radius 3 is 2.65 bits per heavy atom. The van der Waals surface area contributed by atoms with E-state index in [1.54, 1.807) is 13.0 Å². The number of nitrogens with one attached hydrogen (secondary N) is 1. The highest BCUT2D eigenvalue weighted by atomic mass is 19.1. The molecule has 3 rings (SSSR count). The average Bonchev–Trinajstić information content (AvgIpc) is 2.66. The summed E-state index contributed by atoms with van der Waals surface area (Å²) in [5.74, 6) is 0.698. The molecule has 2 nitrogen and oxygen atoms in total. The van der Waals surface area contributed by atoms with Crippen molar-refractivity contribution in [2.75, 3.05) is 5.32 Å². The van der Waals surface area contributed by atoms with Gasteiger partial charge >= 0.3 is 0 Å². The lowest BCUT2D eigenvalue weighted by Crippen LogP contribution is -2.35. The summed E-state index contributed by atoms with van der Waals surface area (Å²) in [6.45, 7) is 5.87. The van der Waals surface area contributed by atoms with E-state index < -0.39 is 0 Å². The standard InChI is InChI=1S/C17H18FNO/c1-11-13(18)8-6-9-14(11)19-16-12-7-4-5-10-15(12)20-17(16,2)3/h4-10,16,19H,1-3H3. The van der Waals surface area contributed by atoms with Crippen LogP contribution in [0.1, 0.15) is 31.0 Å². The van der Waals surface area contributed by atoms with Crippen LogP contribution in [0, 0.1) is 12.7 Å². The van der Waals surface area contributed by atoms with E-state index in [9.17, 15) is 4.39 Å². The van der Waals surface area contributed by atoms with Crippen LogP contribution in [0.15, 0.2) is 42.5 Å². The molecule has 0 bridgehead atoms. The monoisotopic (exact) mass is 271 g/mol. The molecule has 0 aliphatic carbocycles. The Kier molecular flexibility index (Phi) is 2.93. The maximum Gasteiger partial charge on any atom is 0.128 e. The molecule has 2 aromatic carbocycles. The molecular formula is C17H18FNO. The first-order valence-corrected chi connectivity index (χ1v) is 6.78. The van der Waals surface area contributed by atoms with Crippen molar-refractivity contribution in [2.45, 2.75) is 32.4 Å². The van der Waals surface area contributed by atoms with Gasteiger partial charge in [0.15, 0.2) is 0 Å². The Morgan fingerprint density at radius 1 is 1.10 bits per heavy atom. The van der Waals surface area contributed by atoms with Gasteiger partial charge in [0.25, 0.3) is 0 Å². The molecule has 1 aliphatic heterocycles. The molecule has 1 N–H and O–H groups in total. The summed E-state index contributed by atoms with van der Waals surface area (Å²) in [6, 6.07) is 13.1. The Labute approximate surface area is 118 Å². The number of benzene rings is 2. The molecule has 1 atom stereocenters. The number of anilines is 1. The number of hydrogen-bond acceptors (Lipinski definition) is 2. The summed E-state index contributed by atoms with van der Waals surface area (Å²) in [6.07, 6.45) is 0. The normalized spacial score (nSPS) is 19.3. The minimum atomic E-state index is -0.373. The van der Waals surface area contributed by atoms with E-state index >= 15 is 0 Å². The number of halogens is 1. The van der Waals surface area contributed by atoms with Gasteiger partial charge < -0.3 is 10.1 Å². The van der Waals surface area contributed by atoms with Crippen LogP contribution in [0.4, 0.5) is 10.1 Å². The maximum atomic E-state index is 13.7. The second-order valence-corrected chi connectivity index (χ2v) is 5.73. The SMILES string of the molecule is Cc1c(F)cccc1NC1c2ccccc2OC1(C)C. The minimum Gasteiger partial charge on any atom is -0.485 e. The molecule has 0 amide bonds. The summed E-state index contributed by atoms with van der Waals surface area (Å²) in [7, 11) is 0. The second-order valence-electron chi connectivity index (χ2n) is 5.73. The molecule has 1 unspecified atom stereocenters. The third-order valence-corrected chi connectivity index (χ3v) is 3.87. The Bertz CT molecular complexity index is 651. The zero-order valence-electron chi connectivity index (χ0n) is 11.9. The summed E-state index contributed by atoms with van der Waals surface area (Å²) >= 11 is 0. The molecule has 104 valence electrons. The van der Waals surface area contributed by atoms with Crippen LogP contribution in [0.5, 0.6) is 5.75 Å². The molecule has 0 fully saturated rings. The average molecular weight is 271 g/mol. The molecule has 0 radical (unpaired) electrons.